The van der Waals surface area contributed by atoms with Crippen molar-refractivity contribution in [3.8, 4) is 11.5 Å². The van der Waals surface area contributed by atoms with Crippen LogP contribution in [0.5, 0.6) is 11.5 Å². The maximum atomic E-state index is 12.2. The molecule has 0 radical (unpaired) electrons. The van der Waals surface area contributed by atoms with Crippen LogP contribution in [-0.4, -0.2) is 20.0 Å². The van der Waals surface area contributed by atoms with Crippen molar-refractivity contribution < 1.29 is 14.3 Å². The molecule has 0 amide bonds. The number of Topliss-reactive ketones (excluding diaryl/α,β-unsaturated/α-hetero) is 1. The molecular weight excluding hydrogens is 240 g/mol. The van der Waals surface area contributed by atoms with Gasteiger partial charge in [-0.1, -0.05) is 32.6 Å². The summed E-state index contributed by atoms with van der Waals surface area (Å²) in [5.41, 5.74) is 0.623. The summed E-state index contributed by atoms with van der Waals surface area (Å²) in [6.07, 6.45) is 6.31. The topological polar surface area (TPSA) is 35.5 Å². The van der Waals surface area contributed by atoms with Crippen LogP contribution < -0.4 is 9.47 Å². The van der Waals surface area contributed by atoms with Gasteiger partial charge < -0.3 is 9.47 Å². The number of carbonyl (C=O) groups is 1. The third kappa shape index (κ3) is 4.93. The van der Waals surface area contributed by atoms with Crippen molar-refractivity contribution >= 4 is 5.78 Å². The van der Waals surface area contributed by atoms with E-state index in [1.807, 2.05) is 0 Å². The second-order valence-corrected chi connectivity index (χ2v) is 4.65. The maximum Gasteiger partial charge on any atom is 0.166 e. The smallest absolute Gasteiger partial charge is 0.166 e. The minimum atomic E-state index is 0.132. The zero-order chi connectivity index (χ0) is 14.1. The average molecular weight is 264 g/mol. The predicted octanol–water partition coefficient (Wildman–Crippen LogP) is 4.25. The van der Waals surface area contributed by atoms with Crippen molar-refractivity contribution in [3.63, 3.8) is 0 Å². The molecule has 0 atom stereocenters. The van der Waals surface area contributed by atoms with E-state index >= 15 is 0 Å². The lowest BCUT2D eigenvalue weighted by Gasteiger charge is -2.09. The van der Waals surface area contributed by atoms with Crippen molar-refractivity contribution in [2.45, 2.75) is 45.4 Å². The van der Waals surface area contributed by atoms with Gasteiger partial charge in [0, 0.05) is 6.42 Å². The van der Waals surface area contributed by atoms with E-state index < -0.39 is 0 Å². The highest BCUT2D eigenvalue weighted by atomic mass is 16.5. The fourth-order valence-electron chi connectivity index (χ4n) is 2.06. The molecule has 1 aromatic rings. The van der Waals surface area contributed by atoms with Crippen molar-refractivity contribution in [1.29, 1.82) is 0 Å². The van der Waals surface area contributed by atoms with E-state index in [1.165, 1.54) is 19.3 Å². The Morgan fingerprint density at radius 2 is 1.79 bits per heavy atom. The summed E-state index contributed by atoms with van der Waals surface area (Å²) in [5, 5.41) is 0. The van der Waals surface area contributed by atoms with Crippen LogP contribution in [-0.2, 0) is 0 Å². The summed E-state index contributed by atoms with van der Waals surface area (Å²) in [5.74, 6) is 1.45. The zero-order valence-corrected chi connectivity index (χ0v) is 12.2. The molecular formula is C16H24O3. The summed E-state index contributed by atoms with van der Waals surface area (Å²) in [6.45, 7) is 2.19. The number of methoxy groups -OCH3 is 2. The highest BCUT2D eigenvalue weighted by molar-refractivity contribution is 5.99. The van der Waals surface area contributed by atoms with Crippen molar-refractivity contribution in [2.24, 2.45) is 0 Å². The van der Waals surface area contributed by atoms with E-state index in [1.54, 1.807) is 32.4 Å². The standard InChI is InChI=1S/C16H24O3/c1-4-5-6-7-8-9-15(17)14-12-13(18-2)10-11-16(14)19-3/h10-12H,4-9H2,1-3H3. The molecule has 19 heavy (non-hydrogen) atoms. The fourth-order valence-corrected chi connectivity index (χ4v) is 2.06. The first-order chi connectivity index (χ1) is 9.22. The Morgan fingerprint density at radius 3 is 2.42 bits per heavy atom. The number of ketones is 1. The van der Waals surface area contributed by atoms with Crippen LogP contribution in [0.1, 0.15) is 55.8 Å². The fraction of sp³-hybridized carbons (Fsp3) is 0.562. The quantitative estimate of drug-likeness (QED) is 0.494. The number of hydrogen-bond donors (Lipinski definition) is 0. The minimum absolute atomic E-state index is 0.132. The number of carbonyl (C=O) groups excluding carboxylic acids is 1. The Bertz CT molecular complexity index is 399. The van der Waals surface area contributed by atoms with E-state index in [9.17, 15) is 4.79 Å². The van der Waals surface area contributed by atoms with Gasteiger partial charge in [-0.05, 0) is 24.6 Å². The zero-order valence-electron chi connectivity index (χ0n) is 12.2. The summed E-state index contributed by atoms with van der Waals surface area (Å²) < 4.78 is 10.4. The van der Waals surface area contributed by atoms with Crippen molar-refractivity contribution in [1.82, 2.24) is 0 Å². The van der Waals surface area contributed by atoms with Crippen LogP contribution in [0.2, 0.25) is 0 Å². The SMILES string of the molecule is CCCCCCCC(=O)c1cc(OC)ccc1OC. The Balaban J connectivity index is 2.59. The molecule has 1 aromatic carbocycles. The first-order valence-electron chi connectivity index (χ1n) is 6.98. The molecule has 0 unspecified atom stereocenters. The molecule has 0 aliphatic heterocycles. The predicted molar refractivity (Wildman–Crippen MR) is 77.3 cm³/mol. The summed E-state index contributed by atoms with van der Waals surface area (Å²) >= 11 is 0. The molecule has 0 saturated heterocycles. The lowest BCUT2D eigenvalue weighted by atomic mass is 10.0. The van der Waals surface area contributed by atoms with Gasteiger partial charge in [-0.15, -0.1) is 0 Å². The minimum Gasteiger partial charge on any atom is -0.497 e. The highest BCUT2D eigenvalue weighted by Gasteiger charge is 2.13. The van der Waals surface area contributed by atoms with Gasteiger partial charge in [-0.3, -0.25) is 4.79 Å². The molecule has 106 valence electrons. The largest absolute Gasteiger partial charge is 0.497 e. The summed E-state index contributed by atoms with van der Waals surface area (Å²) in [6, 6.07) is 5.34. The van der Waals surface area contributed by atoms with Gasteiger partial charge in [0.05, 0.1) is 19.8 Å². The molecule has 0 fully saturated rings. The third-order valence-corrected chi connectivity index (χ3v) is 3.21. The van der Waals surface area contributed by atoms with Gasteiger partial charge in [0.2, 0.25) is 0 Å². The normalized spacial score (nSPS) is 10.3. The average Bonchev–Trinajstić information content (AvgIpc) is 2.46. The number of rotatable bonds is 9. The van der Waals surface area contributed by atoms with Crippen molar-refractivity contribution in [2.75, 3.05) is 14.2 Å². The van der Waals surface area contributed by atoms with Crippen LogP contribution >= 0.6 is 0 Å². The van der Waals surface area contributed by atoms with Crippen LogP contribution in [0.25, 0.3) is 0 Å². The van der Waals surface area contributed by atoms with E-state index in [2.05, 4.69) is 6.92 Å². The Kier molecular flexibility index (Phi) is 7.01. The second kappa shape index (κ2) is 8.57. The first-order valence-corrected chi connectivity index (χ1v) is 6.98. The van der Waals surface area contributed by atoms with Crippen LogP contribution in [0.4, 0.5) is 0 Å². The van der Waals surface area contributed by atoms with Gasteiger partial charge in [-0.25, -0.2) is 0 Å². The molecule has 0 aliphatic carbocycles. The number of ether oxygens (including phenoxy) is 2. The lowest BCUT2D eigenvalue weighted by Crippen LogP contribution is -2.03. The van der Waals surface area contributed by atoms with Crippen LogP contribution in [0.3, 0.4) is 0 Å². The molecule has 0 aromatic heterocycles. The van der Waals surface area contributed by atoms with E-state index in [-0.39, 0.29) is 5.78 Å². The molecule has 1 rings (SSSR count). The Morgan fingerprint density at radius 1 is 1.05 bits per heavy atom. The molecule has 0 heterocycles. The molecule has 3 nitrogen and oxygen atoms in total. The van der Waals surface area contributed by atoms with Gasteiger partial charge in [0.25, 0.3) is 0 Å². The Hall–Kier alpha value is -1.51. The monoisotopic (exact) mass is 264 g/mol. The van der Waals surface area contributed by atoms with E-state index in [4.69, 9.17) is 9.47 Å². The summed E-state index contributed by atoms with van der Waals surface area (Å²) in [7, 11) is 3.18. The van der Waals surface area contributed by atoms with Crippen LogP contribution in [0, 0.1) is 0 Å². The number of unbranched alkanes of at least 4 members (excludes halogenated alkanes) is 4. The van der Waals surface area contributed by atoms with Gasteiger partial charge in [-0.2, -0.15) is 0 Å². The summed E-state index contributed by atoms with van der Waals surface area (Å²) in [4.78, 5) is 12.2. The number of benzene rings is 1. The maximum absolute atomic E-state index is 12.2. The van der Waals surface area contributed by atoms with E-state index in [0.717, 1.165) is 12.8 Å². The van der Waals surface area contributed by atoms with Gasteiger partial charge in [0.1, 0.15) is 11.5 Å². The molecule has 0 spiro atoms. The van der Waals surface area contributed by atoms with Gasteiger partial charge in [0.15, 0.2) is 5.78 Å². The van der Waals surface area contributed by atoms with E-state index in [0.29, 0.717) is 23.5 Å². The van der Waals surface area contributed by atoms with Gasteiger partial charge >= 0.3 is 0 Å². The first kappa shape index (κ1) is 15.5. The van der Waals surface area contributed by atoms with Crippen molar-refractivity contribution in [3.05, 3.63) is 23.8 Å². The lowest BCUT2D eigenvalue weighted by molar-refractivity contribution is 0.0976. The second-order valence-electron chi connectivity index (χ2n) is 4.65. The molecule has 0 N–H and O–H groups in total. The highest BCUT2D eigenvalue weighted by Crippen LogP contribution is 2.25. The molecule has 3 heteroatoms. The van der Waals surface area contributed by atoms with Crippen LogP contribution in [0.15, 0.2) is 18.2 Å². The Labute approximate surface area is 115 Å². The number of hydrogen-bond acceptors (Lipinski definition) is 3. The molecule has 0 bridgehead atoms. The molecule has 0 aliphatic rings. The third-order valence-electron chi connectivity index (χ3n) is 3.21. The molecule has 0 saturated carbocycles.